The van der Waals surface area contributed by atoms with Crippen molar-refractivity contribution in [3.8, 4) is 11.5 Å². The maximum absolute atomic E-state index is 14.6. The summed E-state index contributed by atoms with van der Waals surface area (Å²) in [6.45, 7) is 0. The Morgan fingerprint density at radius 2 is 1.85 bits per heavy atom. The lowest BCUT2D eigenvalue weighted by atomic mass is 9.76. The van der Waals surface area contributed by atoms with Gasteiger partial charge < -0.3 is 10.5 Å². The minimum atomic E-state index is -1.04. The Bertz CT molecular complexity index is 1140. The molecule has 1 atom stereocenters. The first-order valence-electron chi connectivity index (χ1n) is 7.80. The summed E-state index contributed by atoms with van der Waals surface area (Å²) < 4.78 is 21.3. The Morgan fingerprint density at radius 1 is 1.07 bits per heavy atom. The molecule has 3 heterocycles. The van der Waals surface area contributed by atoms with E-state index in [9.17, 15) is 4.39 Å². The molecule has 1 aromatic heterocycles. The van der Waals surface area contributed by atoms with Crippen LogP contribution in [-0.2, 0) is 5.54 Å². The molecule has 0 saturated heterocycles. The Kier molecular flexibility index (Phi) is 4.18. The summed E-state index contributed by atoms with van der Waals surface area (Å²) in [5.74, 6) is 0.112. The van der Waals surface area contributed by atoms with E-state index in [4.69, 9.17) is 27.1 Å². The zero-order valence-corrected chi connectivity index (χ0v) is 16.7. The number of halogens is 4. The summed E-state index contributed by atoms with van der Waals surface area (Å²) >= 11 is 9.57. The van der Waals surface area contributed by atoms with E-state index in [0.29, 0.717) is 17.1 Å². The van der Waals surface area contributed by atoms with Gasteiger partial charge in [-0.25, -0.2) is 9.98 Å². The number of amidine groups is 1. The molecule has 27 heavy (non-hydrogen) atoms. The monoisotopic (exact) mass is 465 g/mol. The molecule has 0 fully saturated rings. The number of hydrogen-bond donors (Lipinski definition) is 1. The van der Waals surface area contributed by atoms with Crippen LogP contribution in [0.3, 0.4) is 0 Å². The Balaban J connectivity index is 0.00000180. The molecule has 2 N–H and O–H groups in total. The molecule has 136 valence electrons. The molecule has 0 radical (unpaired) electrons. The van der Waals surface area contributed by atoms with Crippen molar-refractivity contribution in [3.05, 3.63) is 86.4 Å². The van der Waals surface area contributed by atoms with Crippen LogP contribution >= 0.6 is 39.9 Å². The molecule has 2 aliphatic heterocycles. The van der Waals surface area contributed by atoms with Crippen molar-refractivity contribution in [2.24, 2.45) is 10.7 Å². The van der Waals surface area contributed by atoms with Crippen molar-refractivity contribution in [1.82, 2.24) is 4.98 Å². The predicted octanol–water partition coefficient (Wildman–Crippen LogP) is 5.17. The summed E-state index contributed by atoms with van der Waals surface area (Å²) in [6, 6.07) is 14.7. The van der Waals surface area contributed by atoms with E-state index >= 15 is 0 Å². The fourth-order valence-corrected chi connectivity index (χ4v) is 4.25. The van der Waals surface area contributed by atoms with Crippen LogP contribution in [0.25, 0.3) is 0 Å². The molecule has 1 spiro atoms. The number of aromatic nitrogens is 1. The molecular weight excluding hydrogens is 456 g/mol. The van der Waals surface area contributed by atoms with Crippen LogP contribution in [0.15, 0.2) is 58.0 Å². The SMILES string of the molecule is Cl.NC1=NC2(c3cc(Br)ccc3Oc3c2cc(Cl)nc3F)c2ccccc21. The number of ether oxygens (including phenoxy) is 1. The summed E-state index contributed by atoms with van der Waals surface area (Å²) in [5, 5.41) is 0.0285. The van der Waals surface area contributed by atoms with Gasteiger partial charge >= 0.3 is 0 Å². The van der Waals surface area contributed by atoms with Crippen LogP contribution in [0.4, 0.5) is 4.39 Å². The van der Waals surface area contributed by atoms with Gasteiger partial charge in [0.15, 0.2) is 5.75 Å². The largest absolute Gasteiger partial charge is 0.452 e. The highest BCUT2D eigenvalue weighted by Gasteiger charge is 2.50. The lowest BCUT2D eigenvalue weighted by molar-refractivity contribution is 0.385. The van der Waals surface area contributed by atoms with Gasteiger partial charge in [0.25, 0.3) is 5.95 Å². The van der Waals surface area contributed by atoms with Crippen LogP contribution in [0, 0.1) is 5.95 Å². The summed E-state index contributed by atoms with van der Waals surface area (Å²) in [7, 11) is 0. The molecule has 4 nitrogen and oxygen atoms in total. The topological polar surface area (TPSA) is 60.5 Å². The number of aliphatic imine (C=N–C) groups is 1. The molecule has 5 rings (SSSR count). The highest BCUT2D eigenvalue weighted by Crippen LogP contribution is 2.56. The van der Waals surface area contributed by atoms with Gasteiger partial charge in [0.05, 0.1) is 0 Å². The Labute approximate surface area is 173 Å². The van der Waals surface area contributed by atoms with Gasteiger partial charge in [-0.05, 0) is 29.8 Å². The van der Waals surface area contributed by atoms with Crippen LogP contribution in [-0.4, -0.2) is 10.8 Å². The van der Waals surface area contributed by atoms with Crippen molar-refractivity contribution >= 4 is 45.8 Å². The number of hydrogen-bond acceptors (Lipinski definition) is 4. The second kappa shape index (κ2) is 6.19. The fraction of sp³-hybridized carbons (Fsp3) is 0.0526. The first-order valence-corrected chi connectivity index (χ1v) is 8.97. The van der Waals surface area contributed by atoms with Crippen LogP contribution in [0.5, 0.6) is 11.5 Å². The third-order valence-corrected chi connectivity index (χ3v) is 5.40. The maximum Gasteiger partial charge on any atom is 0.257 e. The maximum atomic E-state index is 14.6. The van der Waals surface area contributed by atoms with Gasteiger partial charge in [0.1, 0.15) is 22.3 Å². The van der Waals surface area contributed by atoms with Gasteiger partial charge in [-0.15, -0.1) is 12.4 Å². The van der Waals surface area contributed by atoms with Crippen molar-refractivity contribution in [2.75, 3.05) is 0 Å². The zero-order valence-electron chi connectivity index (χ0n) is 13.5. The van der Waals surface area contributed by atoms with Crippen LogP contribution in [0.2, 0.25) is 5.15 Å². The minimum Gasteiger partial charge on any atom is -0.452 e. The van der Waals surface area contributed by atoms with E-state index in [0.717, 1.165) is 21.2 Å². The number of nitrogens with zero attached hydrogens (tertiary/aromatic N) is 2. The molecule has 3 aromatic rings. The standard InChI is InChI=1S/C19H10BrClFN3O.ClH/c20-9-5-6-14-12(7-9)19(11-4-2-1-3-10(11)18(23)25-19)13-8-15(21)24-17(22)16(13)26-14;/h1-8H,(H2,23,25);1H. The average molecular weight is 467 g/mol. The molecular formula is C19H11BrCl2FN3O. The molecule has 0 amide bonds. The molecule has 0 aliphatic carbocycles. The van der Waals surface area contributed by atoms with Gasteiger partial charge in [0, 0.05) is 21.2 Å². The number of benzene rings is 2. The number of pyridine rings is 1. The smallest absolute Gasteiger partial charge is 0.257 e. The third kappa shape index (κ3) is 2.40. The lowest BCUT2D eigenvalue weighted by Crippen LogP contribution is -2.30. The van der Waals surface area contributed by atoms with E-state index < -0.39 is 11.5 Å². The van der Waals surface area contributed by atoms with Gasteiger partial charge in [-0.1, -0.05) is 51.8 Å². The summed E-state index contributed by atoms with van der Waals surface area (Å²) in [5.41, 5.74) is 8.09. The Hall–Kier alpha value is -2.15. The Morgan fingerprint density at radius 3 is 2.67 bits per heavy atom. The molecule has 2 aromatic carbocycles. The van der Waals surface area contributed by atoms with E-state index in [1.165, 1.54) is 0 Å². The summed E-state index contributed by atoms with van der Waals surface area (Å²) in [6.07, 6.45) is 0. The first-order chi connectivity index (χ1) is 12.5. The molecule has 8 heteroatoms. The van der Waals surface area contributed by atoms with Gasteiger partial charge in [0.2, 0.25) is 0 Å². The summed E-state index contributed by atoms with van der Waals surface area (Å²) in [4.78, 5) is 8.49. The number of nitrogens with two attached hydrogens (primary N) is 1. The van der Waals surface area contributed by atoms with Crippen molar-refractivity contribution in [1.29, 1.82) is 0 Å². The number of fused-ring (bicyclic) bond motifs is 6. The van der Waals surface area contributed by atoms with Crippen molar-refractivity contribution < 1.29 is 9.13 Å². The van der Waals surface area contributed by atoms with Crippen LogP contribution < -0.4 is 10.5 Å². The normalized spacial score (nSPS) is 18.7. The molecule has 1 unspecified atom stereocenters. The van der Waals surface area contributed by atoms with E-state index in [1.54, 1.807) is 12.1 Å². The van der Waals surface area contributed by atoms with Gasteiger partial charge in [-0.3, -0.25) is 0 Å². The van der Waals surface area contributed by atoms with Crippen molar-refractivity contribution in [3.63, 3.8) is 0 Å². The lowest BCUT2D eigenvalue weighted by Gasteiger charge is -2.35. The second-order valence-corrected chi connectivity index (χ2v) is 7.41. The zero-order chi connectivity index (χ0) is 18.1. The van der Waals surface area contributed by atoms with E-state index in [-0.39, 0.29) is 23.3 Å². The number of rotatable bonds is 0. The third-order valence-electron chi connectivity index (χ3n) is 4.71. The minimum absolute atomic E-state index is 0. The highest BCUT2D eigenvalue weighted by atomic mass is 79.9. The van der Waals surface area contributed by atoms with E-state index in [2.05, 4.69) is 20.9 Å². The fourth-order valence-electron chi connectivity index (χ4n) is 3.70. The molecule has 0 bridgehead atoms. The second-order valence-electron chi connectivity index (χ2n) is 6.11. The molecule has 0 saturated carbocycles. The highest BCUT2D eigenvalue weighted by molar-refractivity contribution is 9.10. The van der Waals surface area contributed by atoms with E-state index in [1.807, 2.05) is 36.4 Å². The van der Waals surface area contributed by atoms with Crippen molar-refractivity contribution in [2.45, 2.75) is 5.54 Å². The first kappa shape index (κ1) is 18.2. The average Bonchev–Trinajstić information content (AvgIpc) is 2.91. The van der Waals surface area contributed by atoms with Gasteiger partial charge in [-0.2, -0.15) is 4.39 Å². The quantitative estimate of drug-likeness (QED) is 0.464. The van der Waals surface area contributed by atoms with Crippen LogP contribution in [0.1, 0.15) is 22.3 Å². The molecule has 2 aliphatic rings. The predicted molar refractivity (Wildman–Crippen MR) is 108 cm³/mol.